The number of hydrogen-bond donors (Lipinski definition) is 2. The van der Waals surface area contributed by atoms with E-state index in [1.165, 1.54) is 18.2 Å². The van der Waals surface area contributed by atoms with Crippen LogP contribution < -0.4 is 10.6 Å². The number of halogens is 3. The molecule has 36 heavy (non-hydrogen) atoms. The molecule has 1 unspecified atom stereocenters. The average molecular weight is 534 g/mol. The van der Waals surface area contributed by atoms with Gasteiger partial charge in [-0.3, -0.25) is 4.79 Å². The van der Waals surface area contributed by atoms with Crippen LogP contribution in [0.1, 0.15) is 6.42 Å². The summed E-state index contributed by atoms with van der Waals surface area (Å²) in [5, 5.41) is 5.48. The summed E-state index contributed by atoms with van der Waals surface area (Å²) in [5.41, 5.74) is 0.862. The first kappa shape index (κ1) is 25.6. The zero-order valence-corrected chi connectivity index (χ0v) is 20.6. The Morgan fingerprint density at radius 1 is 1.03 bits per heavy atom. The molecule has 0 radical (unpaired) electrons. The maximum Gasteiger partial charge on any atom is 0.322 e. The predicted octanol–water partition coefficient (Wildman–Crippen LogP) is 5.13. The van der Waals surface area contributed by atoms with Gasteiger partial charge >= 0.3 is 6.03 Å². The third-order valence-electron chi connectivity index (χ3n) is 5.73. The van der Waals surface area contributed by atoms with Crippen molar-refractivity contribution in [3.05, 3.63) is 77.6 Å². The van der Waals surface area contributed by atoms with Crippen molar-refractivity contribution in [2.45, 2.75) is 23.5 Å². The molecule has 0 bridgehead atoms. The van der Waals surface area contributed by atoms with Gasteiger partial charge in [-0.25, -0.2) is 22.0 Å². The summed E-state index contributed by atoms with van der Waals surface area (Å²) >= 11 is 5.84. The van der Waals surface area contributed by atoms with Crippen molar-refractivity contribution in [2.24, 2.45) is 0 Å². The number of benzene rings is 3. The summed E-state index contributed by atoms with van der Waals surface area (Å²) in [6.07, 6.45) is -0.594. The van der Waals surface area contributed by atoms with E-state index in [1.807, 2.05) is 0 Å². The molecule has 1 aliphatic heterocycles. The number of hydrogen-bond acceptors (Lipinski definition) is 4. The van der Waals surface area contributed by atoms with Crippen molar-refractivity contribution in [2.75, 3.05) is 23.4 Å². The van der Waals surface area contributed by atoms with Crippen LogP contribution in [0.5, 0.6) is 0 Å². The fourth-order valence-corrected chi connectivity index (χ4v) is 5.05. The second kappa shape index (κ2) is 10.2. The van der Waals surface area contributed by atoms with Crippen molar-refractivity contribution >= 4 is 44.8 Å². The van der Waals surface area contributed by atoms with E-state index in [9.17, 15) is 26.8 Å². The summed E-state index contributed by atoms with van der Waals surface area (Å²) in [7, 11) is -3.56. The van der Waals surface area contributed by atoms with Crippen molar-refractivity contribution in [3.63, 3.8) is 0 Å². The molecule has 2 N–H and O–H groups in total. The van der Waals surface area contributed by atoms with E-state index in [4.69, 9.17) is 11.6 Å². The van der Waals surface area contributed by atoms with E-state index in [1.54, 1.807) is 42.5 Å². The average Bonchev–Trinajstić information content (AvgIpc) is 3.23. The standard InChI is InChI=1S/C25H22ClF2N3O4S/c1-36(34,35)23-5-3-2-4-19(23)15-6-11-21(20(28)12-15)30-24(32)22-13-17(27)14-31(22)25(33)29-18-9-7-16(26)8-10-18/h2-12,17,22H,13-14H2,1H3,(H,29,33)(H,30,32)/t17?,22-/m1/s1. The molecular formula is C25H22ClF2N3O4S. The van der Waals surface area contributed by atoms with Gasteiger partial charge in [0.15, 0.2) is 9.84 Å². The highest BCUT2D eigenvalue weighted by Crippen LogP contribution is 2.30. The van der Waals surface area contributed by atoms with Gasteiger partial charge in [-0.05, 0) is 48.0 Å². The van der Waals surface area contributed by atoms with Crippen molar-refractivity contribution < 1.29 is 26.8 Å². The largest absolute Gasteiger partial charge is 0.322 e. The number of carbonyl (C=O) groups is 2. The van der Waals surface area contributed by atoms with Crippen LogP contribution in [-0.2, 0) is 14.6 Å². The first-order chi connectivity index (χ1) is 17.0. The van der Waals surface area contributed by atoms with Crippen molar-refractivity contribution in [1.29, 1.82) is 0 Å². The molecule has 1 fully saturated rings. The number of sulfone groups is 1. The molecule has 7 nitrogen and oxygen atoms in total. The number of carbonyl (C=O) groups excluding carboxylic acids is 2. The first-order valence-corrected chi connectivity index (χ1v) is 13.2. The summed E-state index contributed by atoms with van der Waals surface area (Å²) < 4.78 is 53.3. The quantitative estimate of drug-likeness (QED) is 0.475. The number of urea groups is 1. The van der Waals surface area contributed by atoms with Gasteiger partial charge in [0.1, 0.15) is 18.0 Å². The number of likely N-dealkylation sites (tertiary alicyclic amines) is 1. The lowest BCUT2D eigenvalue weighted by atomic mass is 10.0. The van der Waals surface area contributed by atoms with Gasteiger partial charge < -0.3 is 15.5 Å². The molecule has 1 aliphatic rings. The maximum atomic E-state index is 14.9. The lowest BCUT2D eigenvalue weighted by Crippen LogP contribution is -2.45. The van der Waals surface area contributed by atoms with Crippen LogP contribution >= 0.6 is 11.6 Å². The Morgan fingerprint density at radius 3 is 2.39 bits per heavy atom. The first-order valence-electron chi connectivity index (χ1n) is 10.9. The van der Waals surface area contributed by atoms with Crippen LogP contribution in [0.15, 0.2) is 71.6 Å². The SMILES string of the molecule is CS(=O)(=O)c1ccccc1-c1ccc(NC(=O)[C@H]2CC(F)CN2C(=O)Nc2ccc(Cl)cc2)c(F)c1. The Labute approximate surface area is 212 Å². The predicted molar refractivity (Wildman–Crippen MR) is 134 cm³/mol. The van der Waals surface area contributed by atoms with Crippen LogP contribution in [0.3, 0.4) is 0 Å². The normalized spacial score (nSPS) is 17.6. The highest BCUT2D eigenvalue weighted by Gasteiger charge is 2.40. The number of rotatable bonds is 5. The van der Waals surface area contributed by atoms with Gasteiger partial charge in [0.25, 0.3) is 0 Å². The molecule has 11 heteroatoms. The molecule has 3 aromatic rings. The fraction of sp³-hybridized carbons (Fsp3) is 0.200. The van der Waals surface area contributed by atoms with Crippen molar-refractivity contribution in [3.8, 4) is 11.1 Å². The van der Waals surface area contributed by atoms with Crippen LogP contribution in [-0.4, -0.2) is 50.3 Å². The maximum absolute atomic E-state index is 14.9. The molecule has 0 spiro atoms. The summed E-state index contributed by atoms with van der Waals surface area (Å²) in [6.45, 7) is -0.290. The molecule has 0 aromatic heterocycles. The van der Waals surface area contributed by atoms with Crippen molar-refractivity contribution in [1.82, 2.24) is 4.90 Å². The smallest absolute Gasteiger partial charge is 0.322 e. The fourth-order valence-electron chi connectivity index (χ4n) is 4.01. The van der Waals surface area contributed by atoms with Gasteiger partial charge in [-0.2, -0.15) is 0 Å². The Balaban J connectivity index is 1.51. The Hall–Kier alpha value is -3.50. The van der Waals surface area contributed by atoms with Gasteiger partial charge in [-0.1, -0.05) is 35.9 Å². The number of anilines is 2. The molecular weight excluding hydrogens is 512 g/mol. The molecule has 1 heterocycles. The monoisotopic (exact) mass is 533 g/mol. The molecule has 4 rings (SSSR count). The Morgan fingerprint density at radius 2 is 1.72 bits per heavy atom. The molecule has 1 saturated heterocycles. The van der Waals surface area contributed by atoms with E-state index >= 15 is 0 Å². The number of nitrogens with zero attached hydrogens (tertiary/aromatic N) is 1. The minimum Gasteiger partial charge on any atom is -0.322 e. The van der Waals surface area contributed by atoms with E-state index in [0.29, 0.717) is 21.8 Å². The van der Waals surface area contributed by atoms with Gasteiger partial charge in [0.2, 0.25) is 5.91 Å². The molecule has 0 aliphatic carbocycles. The van der Waals surface area contributed by atoms with E-state index in [2.05, 4.69) is 10.6 Å². The van der Waals surface area contributed by atoms with Crippen LogP contribution in [0, 0.1) is 5.82 Å². The molecule has 188 valence electrons. The summed E-state index contributed by atoms with van der Waals surface area (Å²) in [5.74, 6) is -1.55. The molecule has 3 aromatic carbocycles. The zero-order valence-electron chi connectivity index (χ0n) is 19.0. The number of nitrogens with one attached hydrogen (secondary N) is 2. The molecule has 3 amide bonds. The van der Waals surface area contributed by atoms with E-state index < -0.39 is 39.8 Å². The minimum atomic E-state index is -3.56. The second-order valence-corrected chi connectivity index (χ2v) is 10.8. The third kappa shape index (κ3) is 5.66. The lowest BCUT2D eigenvalue weighted by Gasteiger charge is -2.24. The number of amides is 3. The highest BCUT2D eigenvalue weighted by molar-refractivity contribution is 7.90. The van der Waals surface area contributed by atoms with Crippen LogP contribution in [0.25, 0.3) is 11.1 Å². The van der Waals surface area contributed by atoms with Crippen LogP contribution in [0.4, 0.5) is 25.0 Å². The van der Waals surface area contributed by atoms with E-state index in [0.717, 1.165) is 17.2 Å². The molecule has 0 saturated carbocycles. The number of alkyl halides is 1. The second-order valence-electron chi connectivity index (χ2n) is 8.39. The topological polar surface area (TPSA) is 95.6 Å². The lowest BCUT2D eigenvalue weighted by molar-refractivity contribution is -0.119. The van der Waals surface area contributed by atoms with Gasteiger partial charge in [0, 0.05) is 29.0 Å². The molecule has 2 atom stereocenters. The Kier molecular flexibility index (Phi) is 7.28. The Bertz CT molecular complexity index is 1420. The highest BCUT2D eigenvalue weighted by atomic mass is 35.5. The van der Waals surface area contributed by atoms with Gasteiger partial charge in [0.05, 0.1) is 17.1 Å². The van der Waals surface area contributed by atoms with Crippen LogP contribution in [0.2, 0.25) is 5.02 Å². The van der Waals surface area contributed by atoms with Gasteiger partial charge in [-0.15, -0.1) is 0 Å². The minimum absolute atomic E-state index is 0.0449. The zero-order chi connectivity index (χ0) is 26.0. The third-order valence-corrected chi connectivity index (χ3v) is 7.14. The van der Waals surface area contributed by atoms with E-state index in [-0.39, 0.29) is 23.5 Å². The summed E-state index contributed by atoms with van der Waals surface area (Å²) in [6, 6.07) is 14.5. The summed E-state index contributed by atoms with van der Waals surface area (Å²) in [4.78, 5) is 26.7.